The molecule has 19 heavy (non-hydrogen) atoms. The fourth-order valence-corrected chi connectivity index (χ4v) is 1.75. The van der Waals surface area contributed by atoms with Gasteiger partial charge in [-0.2, -0.15) is 0 Å². The molecule has 0 aliphatic carbocycles. The number of benzene rings is 1. The predicted molar refractivity (Wildman–Crippen MR) is 73.9 cm³/mol. The van der Waals surface area contributed by atoms with Gasteiger partial charge < -0.3 is 14.8 Å². The van der Waals surface area contributed by atoms with Crippen LogP contribution in [0.2, 0.25) is 0 Å². The number of rotatable bonds is 5. The van der Waals surface area contributed by atoms with Crippen LogP contribution in [0, 0.1) is 0 Å². The number of hydrazine groups is 1. The monoisotopic (exact) mass is 264 g/mol. The maximum absolute atomic E-state index is 5.42. The van der Waals surface area contributed by atoms with Crippen LogP contribution in [0.3, 0.4) is 0 Å². The molecule has 104 valence electrons. The zero-order valence-corrected chi connectivity index (χ0v) is 11.1. The Labute approximate surface area is 113 Å². The second-order valence-corrected chi connectivity index (χ2v) is 4.28. The van der Waals surface area contributed by atoms with Crippen LogP contribution in [0.25, 0.3) is 0 Å². The van der Waals surface area contributed by atoms with Crippen LogP contribution in [-0.4, -0.2) is 19.3 Å². The molecule has 4 N–H and O–H groups in total. The molecule has 2 rings (SSSR count). The Hall–Kier alpha value is -1.95. The summed E-state index contributed by atoms with van der Waals surface area (Å²) in [6.07, 6.45) is 2.22. The summed E-state index contributed by atoms with van der Waals surface area (Å²) in [5.74, 6) is 7.58. The number of nitrogens with one attached hydrogen (secondary N) is 2. The zero-order chi connectivity index (χ0) is 13.5. The quantitative estimate of drug-likeness (QED) is 0.244. The molecule has 0 unspecified atom stereocenters. The Morgan fingerprint density at radius 2 is 2.21 bits per heavy atom. The van der Waals surface area contributed by atoms with Crippen molar-refractivity contribution in [1.82, 2.24) is 10.7 Å². The summed E-state index contributed by atoms with van der Waals surface area (Å²) in [6.45, 7) is 3.83. The van der Waals surface area contributed by atoms with Gasteiger partial charge in [-0.3, -0.25) is 5.43 Å². The Kier molecular flexibility index (Phi) is 4.85. The van der Waals surface area contributed by atoms with Gasteiger partial charge in [0.1, 0.15) is 0 Å². The normalized spacial score (nSPS) is 13.5. The van der Waals surface area contributed by atoms with Crippen molar-refractivity contribution in [2.75, 3.05) is 13.3 Å². The van der Waals surface area contributed by atoms with Crippen molar-refractivity contribution in [3.05, 3.63) is 23.8 Å². The Bertz CT molecular complexity index is 448. The molecule has 0 atom stereocenters. The molecule has 6 nitrogen and oxygen atoms in total. The van der Waals surface area contributed by atoms with E-state index in [1.807, 2.05) is 18.2 Å². The smallest absolute Gasteiger partial charge is 0.231 e. The van der Waals surface area contributed by atoms with E-state index in [9.17, 15) is 0 Å². The average molecular weight is 264 g/mol. The molecular formula is C13H20N4O2. The summed E-state index contributed by atoms with van der Waals surface area (Å²) in [7, 11) is 0. The maximum atomic E-state index is 5.42. The summed E-state index contributed by atoms with van der Waals surface area (Å²) in [6, 6.07) is 5.80. The van der Waals surface area contributed by atoms with Crippen LogP contribution < -0.4 is 26.1 Å². The zero-order valence-electron chi connectivity index (χ0n) is 11.1. The van der Waals surface area contributed by atoms with Gasteiger partial charge in [-0.05, 0) is 24.1 Å². The lowest BCUT2D eigenvalue weighted by Crippen LogP contribution is -2.41. The number of unbranched alkanes of at least 4 members (excludes halogenated alkanes) is 1. The topological polar surface area (TPSA) is 80.9 Å². The summed E-state index contributed by atoms with van der Waals surface area (Å²) >= 11 is 0. The first-order valence-corrected chi connectivity index (χ1v) is 6.47. The van der Waals surface area contributed by atoms with Crippen molar-refractivity contribution in [3.63, 3.8) is 0 Å². The first-order valence-electron chi connectivity index (χ1n) is 6.47. The first kappa shape index (κ1) is 13.5. The van der Waals surface area contributed by atoms with Crippen LogP contribution in [-0.2, 0) is 6.54 Å². The highest BCUT2D eigenvalue weighted by molar-refractivity contribution is 5.79. The third-order valence-corrected chi connectivity index (χ3v) is 2.82. The van der Waals surface area contributed by atoms with E-state index in [0.29, 0.717) is 12.5 Å². The summed E-state index contributed by atoms with van der Waals surface area (Å²) in [5, 5.41) is 3.15. The lowest BCUT2D eigenvalue weighted by atomic mass is 10.2. The van der Waals surface area contributed by atoms with E-state index in [4.69, 9.17) is 15.3 Å². The molecule has 0 saturated carbocycles. The van der Waals surface area contributed by atoms with Gasteiger partial charge in [-0.1, -0.05) is 19.4 Å². The van der Waals surface area contributed by atoms with Gasteiger partial charge in [0.2, 0.25) is 12.8 Å². The molecule has 0 aromatic heterocycles. The number of ether oxygens (including phenoxy) is 2. The molecule has 1 aromatic carbocycles. The third kappa shape index (κ3) is 3.75. The Balaban J connectivity index is 1.92. The van der Waals surface area contributed by atoms with Gasteiger partial charge in [-0.15, -0.1) is 0 Å². The van der Waals surface area contributed by atoms with Crippen molar-refractivity contribution < 1.29 is 9.47 Å². The number of fused-ring (bicyclic) bond motifs is 1. The Morgan fingerprint density at radius 1 is 1.37 bits per heavy atom. The first-order chi connectivity index (χ1) is 9.33. The van der Waals surface area contributed by atoms with E-state index < -0.39 is 0 Å². The third-order valence-electron chi connectivity index (χ3n) is 2.82. The minimum Gasteiger partial charge on any atom is -0.454 e. The molecule has 0 spiro atoms. The van der Waals surface area contributed by atoms with Crippen LogP contribution >= 0.6 is 0 Å². The second-order valence-electron chi connectivity index (χ2n) is 4.28. The summed E-state index contributed by atoms with van der Waals surface area (Å²) in [4.78, 5) is 4.38. The molecule has 0 fully saturated rings. The number of guanidine groups is 1. The highest BCUT2D eigenvalue weighted by atomic mass is 16.7. The van der Waals surface area contributed by atoms with Crippen molar-refractivity contribution >= 4 is 5.96 Å². The lowest BCUT2D eigenvalue weighted by molar-refractivity contribution is 0.174. The van der Waals surface area contributed by atoms with E-state index >= 15 is 0 Å². The summed E-state index contributed by atoms with van der Waals surface area (Å²) in [5.41, 5.74) is 3.62. The highest BCUT2D eigenvalue weighted by Gasteiger charge is 2.12. The van der Waals surface area contributed by atoms with E-state index in [2.05, 4.69) is 22.7 Å². The number of nitrogens with zero attached hydrogens (tertiary/aromatic N) is 1. The van der Waals surface area contributed by atoms with E-state index in [1.165, 1.54) is 0 Å². The van der Waals surface area contributed by atoms with Crippen molar-refractivity contribution in [1.29, 1.82) is 0 Å². The fourth-order valence-electron chi connectivity index (χ4n) is 1.75. The average Bonchev–Trinajstić information content (AvgIpc) is 2.90. The number of hydrogen-bond donors (Lipinski definition) is 3. The van der Waals surface area contributed by atoms with Gasteiger partial charge >= 0.3 is 0 Å². The number of hydrogen-bond acceptors (Lipinski definition) is 4. The number of aliphatic imine (C=N–C) groups is 1. The molecule has 0 radical (unpaired) electrons. The van der Waals surface area contributed by atoms with Crippen molar-refractivity contribution in [2.45, 2.75) is 26.3 Å². The summed E-state index contributed by atoms with van der Waals surface area (Å²) < 4.78 is 10.6. The van der Waals surface area contributed by atoms with Gasteiger partial charge in [-0.25, -0.2) is 10.8 Å². The predicted octanol–water partition coefficient (Wildman–Crippen LogP) is 1.12. The lowest BCUT2D eigenvalue weighted by Gasteiger charge is -2.08. The SMILES string of the molecule is CCCCNC(=NCc1ccc2c(c1)OCO2)NN. The number of nitrogens with two attached hydrogens (primary N) is 1. The Morgan fingerprint density at radius 3 is 3.00 bits per heavy atom. The molecule has 0 saturated heterocycles. The highest BCUT2D eigenvalue weighted by Crippen LogP contribution is 2.32. The molecule has 6 heteroatoms. The largest absolute Gasteiger partial charge is 0.454 e. The minimum absolute atomic E-state index is 0.288. The van der Waals surface area contributed by atoms with Crippen molar-refractivity contribution in [3.8, 4) is 11.5 Å². The van der Waals surface area contributed by atoms with Gasteiger partial charge in [0.05, 0.1) is 6.54 Å². The molecule has 1 heterocycles. The van der Waals surface area contributed by atoms with Crippen LogP contribution in [0.1, 0.15) is 25.3 Å². The van der Waals surface area contributed by atoms with Crippen molar-refractivity contribution in [2.24, 2.45) is 10.8 Å². The molecular weight excluding hydrogens is 244 g/mol. The van der Waals surface area contributed by atoms with Crippen LogP contribution in [0.15, 0.2) is 23.2 Å². The molecule has 1 aliphatic heterocycles. The van der Waals surface area contributed by atoms with E-state index in [-0.39, 0.29) is 6.79 Å². The second kappa shape index (κ2) is 6.84. The van der Waals surface area contributed by atoms with E-state index in [1.54, 1.807) is 0 Å². The van der Waals surface area contributed by atoms with Crippen LogP contribution in [0.4, 0.5) is 0 Å². The fraction of sp³-hybridized carbons (Fsp3) is 0.462. The molecule has 0 amide bonds. The maximum Gasteiger partial charge on any atom is 0.231 e. The molecule has 1 aliphatic rings. The van der Waals surface area contributed by atoms with Crippen LogP contribution in [0.5, 0.6) is 11.5 Å². The van der Waals surface area contributed by atoms with E-state index in [0.717, 1.165) is 36.4 Å². The molecule has 1 aromatic rings. The molecule has 0 bridgehead atoms. The standard InChI is InChI=1S/C13H20N4O2/c1-2-3-6-15-13(17-14)16-8-10-4-5-11-12(7-10)19-9-18-11/h4-5,7H,2-3,6,8-9,14H2,1H3,(H2,15,16,17). The van der Waals surface area contributed by atoms with Gasteiger partial charge in [0, 0.05) is 6.54 Å². The van der Waals surface area contributed by atoms with Gasteiger partial charge in [0.15, 0.2) is 11.5 Å². The minimum atomic E-state index is 0.288. The van der Waals surface area contributed by atoms with Gasteiger partial charge in [0.25, 0.3) is 0 Å².